The van der Waals surface area contributed by atoms with Crippen molar-refractivity contribution in [2.75, 3.05) is 6.61 Å². The van der Waals surface area contributed by atoms with Crippen molar-refractivity contribution in [2.45, 2.75) is 57.5 Å². The average molecular weight is 363 g/mol. The number of carbonyl (C=O) groups is 4. The highest BCUT2D eigenvalue weighted by atomic mass is 32.1. The van der Waals surface area contributed by atoms with E-state index >= 15 is 0 Å². The number of esters is 3. The average Bonchev–Trinajstić information content (AvgIpc) is 2.42. The molecule has 24 heavy (non-hydrogen) atoms. The van der Waals surface area contributed by atoms with E-state index < -0.39 is 53.6 Å². The molecule has 0 bridgehead atoms. The van der Waals surface area contributed by atoms with Crippen LogP contribution in [0.3, 0.4) is 0 Å². The van der Waals surface area contributed by atoms with Gasteiger partial charge in [-0.05, 0) is 0 Å². The van der Waals surface area contributed by atoms with Crippen LogP contribution in [0.15, 0.2) is 0 Å². The third-order valence-electron chi connectivity index (χ3n) is 3.09. The highest BCUT2D eigenvalue weighted by molar-refractivity contribution is 7.80. The van der Waals surface area contributed by atoms with Crippen LogP contribution in [-0.4, -0.2) is 60.2 Å². The third-order valence-corrected chi connectivity index (χ3v) is 3.53. The highest BCUT2D eigenvalue weighted by Gasteiger charge is 2.49. The van der Waals surface area contributed by atoms with Gasteiger partial charge in [-0.3, -0.25) is 19.2 Å². The quantitative estimate of drug-likeness (QED) is 0.384. The Kier molecular flexibility index (Phi) is 7.49. The minimum absolute atomic E-state index is 0.227. The highest BCUT2D eigenvalue weighted by Crippen LogP contribution is 2.28. The molecule has 0 aromatic heterocycles. The third kappa shape index (κ3) is 6.00. The van der Waals surface area contributed by atoms with Gasteiger partial charge in [-0.25, -0.2) is 0 Å². The predicted octanol–water partition coefficient (Wildman–Crippen LogP) is -0.428. The lowest BCUT2D eigenvalue weighted by molar-refractivity contribution is -0.211. The van der Waals surface area contributed by atoms with Gasteiger partial charge in [-0.15, -0.1) is 12.6 Å². The van der Waals surface area contributed by atoms with Crippen LogP contribution < -0.4 is 5.32 Å². The van der Waals surface area contributed by atoms with E-state index in [0.29, 0.717) is 0 Å². The van der Waals surface area contributed by atoms with Crippen LogP contribution in [-0.2, 0) is 38.1 Å². The SMILES string of the molecule is CC(=O)NC1[C@@H](OC(C)=O)[C@@H](OC(C)=O)C(COC(C)=O)O[C@@H]1S. The lowest BCUT2D eigenvalue weighted by Gasteiger charge is -2.43. The Hall–Kier alpha value is -1.81. The molecule has 0 aromatic carbocycles. The number of amides is 1. The van der Waals surface area contributed by atoms with E-state index in [-0.39, 0.29) is 6.61 Å². The summed E-state index contributed by atoms with van der Waals surface area (Å²) in [5, 5.41) is 2.56. The molecule has 1 N–H and O–H groups in total. The maximum Gasteiger partial charge on any atom is 0.303 e. The van der Waals surface area contributed by atoms with Crippen molar-refractivity contribution in [2.24, 2.45) is 0 Å². The van der Waals surface area contributed by atoms with Crippen LogP contribution in [0.2, 0.25) is 0 Å². The number of ether oxygens (including phenoxy) is 4. The van der Waals surface area contributed by atoms with Crippen molar-refractivity contribution in [1.82, 2.24) is 5.32 Å². The first-order valence-electron chi connectivity index (χ1n) is 7.20. The van der Waals surface area contributed by atoms with Gasteiger partial charge >= 0.3 is 17.9 Å². The number of hydrogen-bond donors (Lipinski definition) is 2. The molecule has 1 aliphatic rings. The van der Waals surface area contributed by atoms with Gasteiger partial charge in [0.1, 0.15) is 24.2 Å². The van der Waals surface area contributed by atoms with Crippen LogP contribution in [0.4, 0.5) is 0 Å². The zero-order valence-electron chi connectivity index (χ0n) is 13.8. The summed E-state index contributed by atoms with van der Waals surface area (Å²) < 4.78 is 20.9. The Bertz CT molecular complexity index is 511. The number of hydrogen-bond acceptors (Lipinski definition) is 9. The minimum atomic E-state index is -1.08. The standard InChI is InChI=1S/C14H21NO8S/c1-6(16)15-11-13(22-9(4)19)12(21-8(3)18)10(23-14(11)24)5-20-7(2)17/h10-14,24H,5H2,1-4H3,(H,15,16)/t10?,11?,12-,13+,14+/m0/s1. The zero-order valence-corrected chi connectivity index (χ0v) is 14.7. The monoisotopic (exact) mass is 363 g/mol. The summed E-state index contributed by atoms with van der Waals surface area (Å²) in [5.74, 6) is -2.24. The summed E-state index contributed by atoms with van der Waals surface area (Å²) in [4.78, 5) is 45.2. The zero-order chi connectivity index (χ0) is 18.4. The lowest BCUT2D eigenvalue weighted by atomic mass is 9.97. The largest absolute Gasteiger partial charge is 0.463 e. The van der Waals surface area contributed by atoms with Crippen LogP contribution >= 0.6 is 12.6 Å². The molecule has 5 atom stereocenters. The van der Waals surface area contributed by atoms with Gasteiger partial charge in [0, 0.05) is 27.7 Å². The second-order valence-corrected chi connectivity index (χ2v) is 5.75. The van der Waals surface area contributed by atoms with Crippen LogP contribution in [0, 0.1) is 0 Å². The summed E-state index contributed by atoms with van der Waals surface area (Å²) >= 11 is 4.24. The first kappa shape index (κ1) is 20.2. The molecule has 1 amide bonds. The molecule has 136 valence electrons. The normalized spacial score (nSPS) is 29.3. The topological polar surface area (TPSA) is 117 Å². The van der Waals surface area contributed by atoms with Crippen molar-refractivity contribution in [3.63, 3.8) is 0 Å². The first-order chi connectivity index (χ1) is 11.1. The van der Waals surface area contributed by atoms with Crippen LogP contribution in [0.25, 0.3) is 0 Å². The fourth-order valence-corrected chi connectivity index (χ4v) is 2.71. The first-order valence-corrected chi connectivity index (χ1v) is 7.72. The van der Waals surface area contributed by atoms with Gasteiger partial charge < -0.3 is 24.3 Å². The molecule has 2 unspecified atom stereocenters. The Labute approximate surface area is 144 Å². The molecular weight excluding hydrogens is 342 g/mol. The van der Waals surface area contributed by atoms with E-state index in [1.807, 2.05) is 0 Å². The number of thiol groups is 1. The number of rotatable bonds is 5. The predicted molar refractivity (Wildman–Crippen MR) is 83.0 cm³/mol. The summed E-state index contributed by atoms with van der Waals surface area (Å²) in [6.07, 6.45) is -3.03. The molecule has 1 aliphatic heterocycles. The van der Waals surface area contributed by atoms with Crippen molar-refractivity contribution in [3.05, 3.63) is 0 Å². The molecule has 0 aromatic rings. The number of nitrogens with one attached hydrogen (secondary N) is 1. The molecule has 1 rings (SSSR count). The fraction of sp³-hybridized carbons (Fsp3) is 0.714. The second-order valence-electron chi connectivity index (χ2n) is 5.24. The molecule has 0 radical (unpaired) electrons. The Morgan fingerprint density at radius 3 is 1.96 bits per heavy atom. The van der Waals surface area contributed by atoms with E-state index in [2.05, 4.69) is 17.9 Å². The van der Waals surface area contributed by atoms with E-state index in [1.165, 1.54) is 27.7 Å². The summed E-state index contributed by atoms with van der Waals surface area (Å²) in [7, 11) is 0. The van der Waals surface area contributed by atoms with Crippen molar-refractivity contribution >= 4 is 36.4 Å². The van der Waals surface area contributed by atoms with Crippen molar-refractivity contribution in [1.29, 1.82) is 0 Å². The van der Waals surface area contributed by atoms with Gasteiger partial charge in [0.2, 0.25) is 5.91 Å². The van der Waals surface area contributed by atoms with Gasteiger partial charge in [0.25, 0.3) is 0 Å². The van der Waals surface area contributed by atoms with Gasteiger partial charge in [-0.2, -0.15) is 0 Å². The molecule has 1 saturated heterocycles. The van der Waals surface area contributed by atoms with Gasteiger partial charge in [0.05, 0.1) is 0 Å². The lowest BCUT2D eigenvalue weighted by Crippen LogP contribution is -2.64. The van der Waals surface area contributed by atoms with E-state index in [1.54, 1.807) is 0 Å². The second kappa shape index (κ2) is 8.88. The fourth-order valence-electron chi connectivity index (χ4n) is 2.31. The van der Waals surface area contributed by atoms with Crippen LogP contribution in [0.1, 0.15) is 27.7 Å². The van der Waals surface area contributed by atoms with Crippen LogP contribution in [0.5, 0.6) is 0 Å². The molecule has 1 fully saturated rings. The smallest absolute Gasteiger partial charge is 0.303 e. The Balaban J connectivity index is 3.11. The molecule has 1 heterocycles. The molecule has 0 spiro atoms. The van der Waals surface area contributed by atoms with E-state index in [9.17, 15) is 19.2 Å². The minimum Gasteiger partial charge on any atom is -0.463 e. The summed E-state index contributed by atoms with van der Waals surface area (Å²) in [6, 6.07) is -0.854. The molecule has 0 aliphatic carbocycles. The van der Waals surface area contributed by atoms with E-state index in [4.69, 9.17) is 18.9 Å². The van der Waals surface area contributed by atoms with Gasteiger partial charge in [-0.1, -0.05) is 0 Å². The Morgan fingerprint density at radius 1 is 0.958 bits per heavy atom. The van der Waals surface area contributed by atoms with E-state index in [0.717, 1.165) is 0 Å². The van der Waals surface area contributed by atoms with Crippen molar-refractivity contribution < 1.29 is 38.1 Å². The summed E-state index contributed by atoms with van der Waals surface area (Å²) in [6.45, 7) is 4.62. The maximum absolute atomic E-state index is 11.4. The number of carbonyl (C=O) groups excluding carboxylic acids is 4. The maximum atomic E-state index is 11.4. The molecule has 0 saturated carbocycles. The van der Waals surface area contributed by atoms with Gasteiger partial charge in [0.15, 0.2) is 12.2 Å². The molecular formula is C14H21NO8S. The van der Waals surface area contributed by atoms with Crippen molar-refractivity contribution in [3.8, 4) is 0 Å². The molecule has 10 heteroatoms. The molecule has 9 nitrogen and oxygen atoms in total. The summed E-state index contributed by atoms with van der Waals surface area (Å²) in [5.41, 5.74) is -0.870. The Morgan fingerprint density at radius 2 is 1.50 bits per heavy atom.